The lowest BCUT2D eigenvalue weighted by atomic mass is 10.2. The Morgan fingerprint density at radius 3 is 2.72 bits per heavy atom. The Labute approximate surface area is 203 Å². The van der Waals surface area contributed by atoms with Crippen LogP contribution in [0.25, 0.3) is 11.0 Å². The number of pyridine rings is 1. The molecule has 0 bridgehead atoms. The maximum atomic E-state index is 13.0. The fraction of sp³-hybridized carbons (Fsp3) is 0.391. The highest BCUT2D eigenvalue weighted by Gasteiger charge is 2.22. The largest absolute Gasteiger partial charge is 0.348 e. The van der Waals surface area contributed by atoms with Crippen molar-refractivity contribution in [2.24, 2.45) is 0 Å². The van der Waals surface area contributed by atoms with Crippen molar-refractivity contribution in [3.05, 3.63) is 56.7 Å². The molecule has 1 aromatic carbocycles. The van der Waals surface area contributed by atoms with Crippen LogP contribution in [-0.2, 0) is 0 Å². The van der Waals surface area contributed by atoms with E-state index in [4.69, 9.17) is 0 Å². The maximum Gasteiger partial charge on any atom is 0.255 e. The molecule has 168 valence electrons. The average molecular weight is 563 g/mol. The summed E-state index contributed by atoms with van der Waals surface area (Å²) in [5.41, 5.74) is 1.88. The summed E-state index contributed by atoms with van der Waals surface area (Å²) >= 11 is 6.80. The topological polar surface area (TPSA) is 80.1 Å². The third kappa shape index (κ3) is 4.88. The van der Waals surface area contributed by atoms with Crippen LogP contribution in [0.1, 0.15) is 59.4 Å². The number of nitrogens with zero attached hydrogens (tertiary/aromatic N) is 4. The minimum absolute atomic E-state index is 0.141. The van der Waals surface area contributed by atoms with Gasteiger partial charge >= 0.3 is 0 Å². The van der Waals surface area contributed by atoms with Gasteiger partial charge in [0.15, 0.2) is 5.65 Å². The van der Waals surface area contributed by atoms with Crippen LogP contribution >= 0.6 is 31.9 Å². The second-order valence-electron chi connectivity index (χ2n) is 8.35. The molecule has 1 N–H and O–H groups in total. The van der Waals surface area contributed by atoms with Gasteiger partial charge in [-0.2, -0.15) is 5.10 Å². The van der Waals surface area contributed by atoms with Gasteiger partial charge in [-0.15, -0.1) is 0 Å². The van der Waals surface area contributed by atoms with E-state index in [-0.39, 0.29) is 17.9 Å². The summed E-state index contributed by atoms with van der Waals surface area (Å²) in [6.45, 7) is 2.25. The highest BCUT2D eigenvalue weighted by atomic mass is 79.9. The molecule has 7 nitrogen and oxygen atoms in total. The van der Waals surface area contributed by atoms with Crippen LogP contribution in [-0.4, -0.2) is 51.1 Å². The van der Waals surface area contributed by atoms with Crippen molar-refractivity contribution in [2.75, 3.05) is 13.6 Å². The molecule has 0 aliphatic heterocycles. The first-order valence-electron chi connectivity index (χ1n) is 10.7. The molecule has 1 saturated carbocycles. The number of hydrogen-bond acceptors (Lipinski definition) is 4. The summed E-state index contributed by atoms with van der Waals surface area (Å²) in [5.74, 6) is -0.341. The molecule has 1 aliphatic rings. The number of hydrogen-bond donors (Lipinski definition) is 1. The molecule has 4 rings (SSSR count). The Kier molecular flexibility index (Phi) is 6.95. The van der Waals surface area contributed by atoms with Gasteiger partial charge in [0.1, 0.15) is 0 Å². The van der Waals surface area contributed by atoms with Crippen LogP contribution in [0.4, 0.5) is 0 Å². The van der Waals surface area contributed by atoms with E-state index in [0.717, 1.165) is 28.3 Å². The van der Waals surface area contributed by atoms with Gasteiger partial charge in [-0.1, -0.05) is 28.8 Å². The van der Waals surface area contributed by atoms with E-state index < -0.39 is 0 Å². The van der Waals surface area contributed by atoms with Crippen molar-refractivity contribution in [1.82, 2.24) is 25.0 Å². The van der Waals surface area contributed by atoms with Crippen LogP contribution in [0.15, 0.2) is 45.6 Å². The van der Waals surface area contributed by atoms with Crippen molar-refractivity contribution < 1.29 is 9.59 Å². The van der Waals surface area contributed by atoms with E-state index in [2.05, 4.69) is 47.3 Å². The summed E-state index contributed by atoms with van der Waals surface area (Å²) < 4.78 is 3.54. The minimum atomic E-state index is -0.232. The molecule has 0 spiro atoms. The standard InChI is InChI=1S/C23H25Br2N5O2/c1-14(28-22(31)19-10-17(24)7-8-20(19)25)13-29(2)23(32)16-9-15-12-27-30(21(15)26-11-16)18-5-3-4-6-18/h7-12,14,18H,3-6,13H2,1-2H3,(H,28,31)/t14-/m0/s1. The maximum absolute atomic E-state index is 13.0. The smallest absolute Gasteiger partial charge is 0.255 e. The number of rotatable bonds is 6. The molecule has 1 atom stereocenters. The zero-order valence-corrected chi connectivity index (χ0v) is 21.2. The van der Waals surface area contributed by atoms with Crippen molar-refractivity contribution >= 4 is 54.7 Å². The fourth-order valence-corrected chi connectivity index (χ4v) is 4.99. The van der Waals surface area contributed by atoms with Crippen LogP contribution in [0, 0.1) is 0 Å². The lowest BCUT2D eigenvalue weighted by Gasteiger charge is -2.23. The normalized spacial score (nSPS) is 15.1. The lowest BCUT2D eigenvalue weighted by Crippen LogP contribution is -2.42. The predicted octanol–water partition coefficient (Wildman–Crippen LogP) is 4.96. The average Bonchev–Trinajstić information content (AvgIpc) is 3.43. The van der Waals surface area contributed by atoms with Gasteiger partial charge < -0.3 is 10.2 Å². The first kappa shape index (κ1) is 22.9. The molecule has 32 heavy (non-hydrogen) atoms. The van der Waals surface area contributed by atoms with Gasteiger partial charge in [0.05, 0.1) is 23.4 Å². The Morgan fingerprint density at radius 1 is 1.22 bits per heavy atom. The zero-order chi connectivity index (χ0) is 22.8. The number of halogens is 2. The van der Waals surface area contributed by atoms with Crippen molar-refractivity contribution in [2.45, 2.75) is 44.7 Å². The molecular weight excluding hydrogens is 538 g/mol. The number of aromatic nitrogens is 3. The Hall–Kier alpha value is -2.26. The third-order valence-corrected chi connectivity index (χ3v) is 6.98. The number of likely N-dealkylation sites (N-methyl/N-ethyl adjacent to an activating group) is 1. The highest BCUT2D eigenvalue weighted by molar-refractivity contribution is 9.11. The molecule has 1 aliphatic carbocycles. The fourth-order valence-electron chi connectivity index (χ4n) is 4.21. The summed E-state index contributed by atoms with van der Waals surface area (Å²) in [5, 5.41) is 8.35. The highest BCUT2D eigenvalue weighted by Crippen LogP contribution is 2.31. The first-order chi connectivity index (χ1) is 15.3. The van der Waals surface area contributed by atoms with Gasteiger partial charge in [-0.3, -0.25) is 9.59 Å². The van der Waals surface area contributed by atoms with Crippen LogP contribution in [0.2, 0.25) is 0 Å². The number of carbonyl (C=O) groups is 2. The number of fused-ring (bicyclic) bond motifs is 1. The van der Waals surface area contributed by atoms with Gasteiger partial charge in [0.2, 0.25) is 0 Å². The van der Waals surface area contributed by atoms with Crippen LogP contribution < -0.4 is 5.32 Å². The molecule has 2 aromatic heterocycles. The third-order valence-electron chi connectivity index (χ3n) is 5.80. The molecule has 3 aromatic rings. The number of amides is 2. The SMILES string of the molecule is C[C@@H](CN(C)C(=O)c1cnc2c(cnn2C2CCCC2)c1)NC(=O)c1cc(Br)ccc1Br. The minimum Gasteiger partial charge on any atom is -0.348 e. The summed E-state index contributed by atoms with van der Waals surface area (Å²) in [4.78, 5) is 31.7. The van der Waals surface area contributed by atoms with E-state index in [0.29, 0.717) is 28.2 Å². The van der Waals surface area contributed by atoms with E-state index in [9.17, 15) is 9.59 Å². The van der Waals surface area contributed by atoms with Gasteiger partial charge in [-0.05, 0) is 60.0 Å². The molecule has 0 radical (unpaired) electrons. The number of benzene rings is 1. The second-order valence-corrected chi connectivity index (χ2v) is 10.1. The molecule has 0 saturated heterocycles. The lowest BCUT2D eigenvalue weighted by molar-refractivity contribution is 0.0768. The van der Waals surface area contributed by atoms with E-state index in [1.165, 1.54) is 12.8 Å². The summed E-state index contributed by atoms with van der Waals surface area (Å²) in [6.07, 6.45) is 8.11. The summed E-state index contributed by atoms with van der Waals surface area (Å²) in [6, 6.07) is 7.45. The van der Waals surface area contributed by atoms with E-state index in [1.807, 2.05) is 29.8 Å². The van der Waals surface area contributed by atoms with Crippen molar-refractivity contribution in [1.29, 1.82) is 0 Å². The Balaban J connectivity index is 1.41. The van der Waals surface area contributed by atoms with Crippen LogP contribution in [0.5, 0.6) is 0 Å². The summed E-state index contributed by atoms with van der Waals surface area (Å²) in [7, 11) is 1.73. The monoisotopic (exact) mass is 561 g/mol. The van der Waals surface area contributed by atoms with E-state index in [1.54, 1.807) is 30.4 Å². The van der Waals surface area contributed by atoms with Crippen LogP contribution in [0.3, 0.4) is 0 Å². The van der Waals surface area contributed by atoms with Gasteiger partial charge in [0, 0.05) is 40.2 Å². The Bertz CT molecular complexity index is 1160. The molecule has 0 unspecified atom stereocenters. The zero-order valence-electron chi connectivity index (χ0n) is 18.0. The molecule has 2 heterocycles. The van der Waals surface area contributed by atoms with Crippen molar-refractivity contribution in [3.8, 4) is 0 Å². The molecule has 1 fully saturated rings. The van der Waals surface area contributed by atoms with Crippen molar-refractivity contribution in [3.63, 3.8) is 0 Å². The molecule has 2 amide bonds. The first-order valence-corrected chi connectivity index (χ1v) is 12.3. The van der Waals surface area contributed by atoms with E-state index >= 15 is 0 Å². The Morgan fingerprint density at radius 2 is 1.97 bits per heavy atom. The van der Waals surface area contributed by atoms with Gasteiger partial charge in [0.25, 0.3) is 11.8 Å². The predicted molar refractivity (Wildman–Crippen MR) is 131 cm³/mol. The molecule has 9 heteroatoms. The number of carbonyl (C=O) groups excluding carboxylic acids is 2. The molecular formula is C23H25Br2N5O2. The quantitative estimate of drug-likeness (QED) is 0.460. The second kappa shape index (κ2) is 9.70. The number of nitrogens with one attached hydrogen (secondary N) is 1. The van der Waals surface area contributed by atoms with Gasteiger partial charge in [-0.25, -0.2) is 9.67 Å².